The molecule has 8 amide bonds. The van der Waals surface area contributed by atoms with Gasteiger partial charge in [0.05, 0.1) is 44.5 Å². The molecular formula is C49H28N4O16. The zero-order valence-corrected chi connectivity index (χ0v) is 35.4. The predicted octanol–water partition coefficient (Wildman–Crippen LogP) is 3.83. The summed E-state index contributed by atoms with van der Waals surface area (Å²) in [6.45, 7) is 0.430. The number of rotatable bonds is 12. The van der Waals surface area contributed by atoms with Gasteiger partial charge in [-0.15, -0.1) is 0 Å². The van der Waals surface area contributed by atoms with Crippen molar-refractivity contribution in [1.29, 1.82) is 0 Å². The number of nitrogens with zero attached hydrogens (tertiary/aromatic N) is 4. The lowest BCUT2D eigenvalue weighted by atomic mass is 10.1. The number of amides is 8. The third-order valence-electron chi connectivity index (χ3n) is 10.9. The Morgan fingerprint density at radius 3 is 1.10 bits per heavy atom. The van der Waals surface area contributed by atoms with Gasteiger partial charge in [-0.1, -0.05) is 0 Å². The summed E-state index contributed by atoms with van der Waals surface area (Å²) >= 11 is 0. The molecule has 0 saturated heterocycles. The third-order valence-corrected chi connectivity index (χ3v) is 10.9. The number of carbonyl (C=O) groups is 12. The van der Waals surface area contributed by atoms with Crippen molar-refractivity contribution in [3.63, 3.8) is 0 Å². The molecule has 0 radical (unpaired) electrons. The number of carbonyl (C=O) groups excluding carboxylic acids is 12. The maximum Gasteiger partial charge on any atom is 0.343 e. The van der Waals surface area contributed by atoms with Crippen LogP contribution in [0.1, 0.15) is 88.4 Å². The minimum atomic E-state index is -0.883. The Morgan fingerprint density at radius 1 is 0.362 bits per heavy atom. The molecule has 0 aliphatic carbocycles. The molecule has 0 fully saturated rings. The van der Waals surface area contributed by atoms with Crippen molar-refractivity contribution in [2.75, 3.05) is 13.3 Å². The number of fused-ring (bicyclic) bond motifs is 2. The van der Waals surface area contributed by atoms with Crippen LogP contribution in [0.2, 0.25) is 0 Å². The Hall–Kier alpha value is -9.98. The van der Waals surface area contributed by atoms with Crippen LogP contribution in [0.5, 0.6) is 23.0 Å². The molecule has 0 bridgehead atoms. The van der Waals surface area contributed by atoms with Crippen LogP contribution in [0.3, 0.4) is 0 Å². The van der Waals surface area contributed by atoms with E-state index in [0.29, 0.717) is 5.56 Å². The molecule has 4 heterocycles. The molecule has 340 valence electrons. The monoisotopic (exact) mass is 928 g/mol. The second-order valence-electron chi connectivity index (χ2n) is 15.3. The maximum atomic E-state index is 13.0. The molecule has 69 heavy (non-hydrogen) atoms. The molecule has 0 unspecified atom stereocenters. The smallest absolute Gasteiger partial charge is 0.343 e. The highest BCUT2D eigenvalue weighted by atomic mass is 16.5. The molecular weight excluding hydrogens is 901 g/mol. The molecule has 5 aromatic rings. The largest absolute Gasteiger partial charge is 0.423 e. The van der Waals surface area contributed by atoms with Gasteiger partial charge in [0.1, 0.15) is 36.3 Å². The second-order valence-corrected chi connectivity index (χ2v) is 15.3. The van der Waals surface area contributed by atoms with E-state index in [4.69, 9.17) is 18.9 Å². The quantitative estimate of drug-likeness (QED) is 0.0979. The van der Waals surface area contributed by atoms with E-state index in [-0.39, 0.29) is 67.5 Å². The third kappa shape index (κ3) is 8.42. The van der Waals surface area contributed by atoms with Gasteiger partial charge < -0.3 is 18.9 Å². The fourth-order valence-electron chi connectivity index (χ4n) is 7.29. The number of imide groups is 4. The number of aryl methyl sites for hydroxylation is 1. The van der Waals surface area contributed by atoms with Crippen LogP contribution >= 0.6 is 0 Å². The van der Waals surface area contributed by atoms with Crippen molar-refractivity contribution >= 4 is 71.1 Å². The van der Waals surface area contributed by atoms with Gasteiger partial charge >= 0.3 is 23.9 Å². The molecule has 4 aliphatic rings. The molecule has 20 nitrogen and oxygen atoms in total. The molecule has 0 aromatic heterocycles. The van der Waals surface area contributed by atoms with E-state index in [0.717, 1.165) is 43.9 Å². The highest BCUT2D eigenvalue weighted by Gasteiger charge is 2.41. The topological polar surface area (TPSA) is 255 Å². The van der Waals surface area contributed by atoms with E-state index in [9.17, 15) is 57.5 Å². The van der Waals surface area contributed by atoms with E-state index >= 15 is 0 Å². The van der Waals surface area contributed by atoms with Gasteiger partial charge in [0.15, 0.2) is 0 Å². The van der Waals surface area contributed by atoms with Crippen LogP contribution in [0, 0.1) is 6.92 Å². The average Bonchev–Trinajstić information content (AvgIpc) is 4.00. The summed E-state index contributed by atoms with van der Waals surface area (Å²) in [5.74, 6) is -8.79. The Balaban J connectivity index is 0.757. The molecule has 20 heteroatoms. The molecule has 0 atom stereocenters. The summed E-state index contributed by atoms with van der Waals surface area (Å²) in [6.07, 6.45) is 4.08. The molecule has 0 N–H and O–H groups in total. The number of benzene rings is 5. The highest BCUT2D eigenvalue weighted by Crippen LogP contribution is 2.29. The lowest BCUT2D eigenvalue weighted by Crippen LogP contribution is -2.43. The van der Waals surface area contributed by atoms with Gasteiger partial charge in [0.2, 0.25) is 0 Å². The van der Waals surface area contributed by atoms with Crippen LogP contribution in [0.4, 0.5) is 0 Å². The number of hydrogen-bond donors (Lipinski definition) is 0. The summed E-state index contributed by atoms with van der Waals surface area (Å²) in [5, 5.41) is 0. The Kier molecular flexibility index (Phi) is 11.2. The van der Waals surface area contributed by atoms with Gasteiger partial charge in [0, 0.05) is 24.3 Å². The number of ether oxygens (including phenoxy) is 4. The van der Waals surface area contributed by atoms with Crippen molar-refractivity contribution < 1.29 is 76.5 Å². The maximum absolute atomic E-state index is 13.0. The van der Waals surface area contributed by atoms with Gasteiger partial charge in [-0.25, -0.2) is 19.2 Å². The first-order valence-electron chi connectivity index (χ1n) is 20.3. The summed E-state index contributed by atoms with van der Waals surface area (Å²) in [6, 6.07) is 22.4. The van der Waals surface area contributed by atoms with Crippen LogP contribution in [0.25, 0.3) is 0 Å². The normalized spacial score (nSPS) is 14.8. The Labute approximate surface area is 387 Å². The first kappa shape index (κ1) is 44.2. The fraction of sp³-hybridized carbons (Fsp3) is 0.0612. The van der Waals surface area contributed by atoms with Crippen molar-refractivity contribution in [2.45, 2.75) is 6.92 Å². The first-order chi connectivity index (χ1) is 33.0. The van der Waals surface area contributed by atoms with Crippen LogP contribution in [0.15, 0.2) is 127 Å². The van der Waals surface area contributed by atoms with Gasteiger partial charge in [0.25, 0.3) is 47.3 Å². The fourth-order valence-corrected chi connectivity index (χ4v) is 7.29. The van der Waals surface area contributed by atoms with E-state index in [2.05, 4.69) is 0 Å². The van der Waals surface area contributed by atoms with Crippen molar-refractivity contribution in [1.82, 2.24) is 19.6 Å². The lowest BCUT2D eigenvalue weighted by Gasteiger charge is -2.20. The zero-order chi connectivity index (χ0) is 48.8. The molecule has 5 aromatic carbocycles. The van der Waals surface area contributed by atoms with Gasteiger partial charge in [-0.05, 0) is 116 Å². The Bertz CT molecular complexity index is 3240. The van der Waals surface area contributed by atoms with E-state index in [1.165, 1.54) is 103 Å². The minimum Gasteiger partial charge on any atom is -0.423 e. The zero-order valence-electron chi connectivity index (χ0n) is 35.4. The standard InChI is InChI=1S/C49H28N4O16/c1-25-20-32(68-46(62)26-2-8-30(9-3-26)66-48(64)28-6-13-33-35(21-28)44(60)52(42(33)58)23-50-38(54)16-17-39(50)55)12-15-37(25)69-47(63)27-4-10-31(11-5-27)67-49(65)29-7-14-34-36(22-29)45(61)53(43(34)59)24-51-40(56)18-19-41(51)57/h2-22H,23-24H2,1H3. The highest BCUT2D eigenvalue weighted by molar-refractivity contribution is 6.24. The average molecular weight is 929 g/mol. The molecule has 0 spiro atoms. The lowest BCUT2D eigenvalue weighted by molar-refractivity contribution is -0.139. The summed E-state index contributed by atoms with van der Waals surface area (Å²) in [7, 11) is 0. The number of hydrogen-bond acceptors (Lipinski definition) is 16. The molecule has 9 rings (SSSR count). The minimum absolute atomic E-state index is 0.0225. The van der Waals surface area contributed by atoms with Gasteiger partial charge in [-0.3, -0.25) is 58.0 Å². The first-order valence-corrected chi connectivity index (χ1v) is 20.3. The molecule has 4 aliphatic heterocycles. The van der Waals surface area contributed by atoms with E-state index in [1.807, 2.05) is 0 Å². The second kappa shape index (κ2) is 17.4. The van der Waals surface area contributed by atoms with Crippen molar-refractivity contribution in [2.24, 2.45) is 0 Å². The summed E-state index contributed by atoms with van der Waals surface area (Å²) < 4.78 is 21.8. The number of esters is 4. The SMILES string of the molecule is Cc1cc(OC(=O)c2ccc(OC(=O)c3ccc4c(c3)C(=O)N(CN3C(=O)C=CC3=O)C4=O)cc2)ccc1OC(=O)c1ccc(OC(=O)c2ccc3c(c2)C(=O)N(CN2C(=O)C=CC2=O)C3=O)cc1. The summed E-state index contributed by atoms with van der Waals surface area (Å²) in [5.41, 5.74) is 0.169. The predicted molar refractivity (Wildman–Crippen MR) is 230 cm³/mol. The van der Waals surface area contributed by atoms with E-state index < -0.39 is 84.5 Å². The molecule has 0 saturated carbocycles. The van der Waals surface area contributed by atoms with Crippen molar-refractivity contribution in [3.8, 4) is 23.0 Å². The Morgan fingerprint density at radius 2 is 0.696 bits per heavy atom. The van der Waals surface area contributed by atoms with Crippen LogP contribution in [-0.2, 0) is 19.2 Å². The van der Waals surface area contributed by atoms with Crippen LogP contribution in [-0.4, -0.2) is 104 Å². The van der Waals surface area contributed by atoms with E-state index in [1.54, 1.807) is 6.92 Å². The summed E-state index contributed by atoms with van der Waals surface area (Å²) in [4.78, 5) is 155. The van der Waals surface area contributed by atoms with Crippen LogP contribution < -0.4 is 18.9 Å². The van der Waals surface area contributed by atoms with Gasteiger partial charge in [-0.2, -0.15) is 0 Å². The van der Waals surface area contributed by atoms with Crippen molar-refractivity contribution in [3.05, 3.63) is 178 Å².